The quantitative estimate of drug-likeness (QED) is 0.567. The highest BCUT2D eigenvalue weighted by molar-refractivity contribution is 5.77. The topological polar surface area (TPSA) is 26.9 Å². The van der Waals surface area contributed by atoms with Gasteiger partial charge in [0.05, 0.1) is 0 Å². The fourth-order valence-corrected chi connectivity index (χ4v) is 1.71. The molecule has 2 nitrogen and oxygen atoms in total. The molecule has 1 aromatic carbocycles. The molecule has 1 heterocycles. The van der Waals surface area contributed by atoms with Crippen LogP contribution >= 0.6 is 0 Å². The predicted octanol–water partition coefficient (Wildman–Crippen LogP) is 3.29. The number of para-hydroxylation sites is 1. The van der Waals surface area contributed by atoms with E-state index in [0.29, 0.717) is 0 Å². The van der Waals surface area contributed by atoms with E-state index in [1.807, 2.05) is 36.4 Å². The molecule has 0 aliphatic heterocycles. The van der Waals surface area contributed by atoms with Gasteiger partial charge in [-0.1, -0.05) is 37.6 Å². The van der Waals surface area contributed by atoms with Gasteiger partial charge in [0.2, 0.25) is 5.52 Å². The van der Waals surface area contributed by atoms with Crippen molar-refractivity contribution in [1.82, 2.24) is 0 Å². The van der Waals surface area contributed by atoms with Crippen LogP contribution in [0.4, 0.5) is 0 Å². The summed E-state index contributed by atoms with van der Waals surface area (Å²) >= 11 is 0. The van der Waals surface area contributed by atoms with E-state index in [0.717, 1.165) is 34.0 Å². The number of hydrogen-bond donors (Lipinski definition) is 0. The third-order valence-electron chi connectivity index (χ3n) is 2.53. The Balaban J connectivity index is 2.42. The third kappa shape index (κ3) is 2.22. The number of benzene rings is 1. The van der Waals surface area contributed by atoms with E-state index in [9.17, 15) is 5.21 Å². The summed E-state index contributed by atoms with van der Waals surface area (Å²) in [6, 6.07) is 9.66. The monoisotopic (exact) mass is 213 g/mol. The van der Waals surface area contributed by atoms with Crippen molar-refractivity contribution in [1.29, 1.82) is 0 Å². The Morgan fingerprint density at radius 1 is 1.31 bits per heavy atom. The van der Waals surface area contributed by atoms with Crippen LogP contribution in [-0.4, -0.2) is 0 Å². The molecule has 0 aliphatic rings. The van der Waals surface area contributed by atoms with Gasteiger partial charge in [0.1, 0.15) is 0 Å². The number of nitrogens with zero attached hydrogens (tertiary/aromatic N) is 1. The van der Waals surface area contributed by atoms with E-state index in [1.165, 1.54) is 0 Å². The molecule has 2 rings (SSSR count). The fraction of sp³-hybridized carbons (Fsp3) is 0.214. The first-order valence-electron chi connectivity index (χ1n) is 5.60. The Hall–Kier alpha value is -1.83. The van der Waals surface area contributed by atoms with Crippen LogP contribution in [-0.2, 0) is 0 Å². The molecule has 0 unspecified atom stereocenters. The Bertz CT molecular complexity index is 517. The lowest BCUT2D eigenvalue weighted by molar-refractivity contribution is -0.577. The molecule has 0 N–H and O–H groups in total. The third-order valence-corrected chi connectivity index (χ3v) is 2.53. The van der Waals surface area contributed by atoms with Gasteiger partial charge in [0.15, 0.2) is 6.20 Å². The molecule has 0 amide bonds. The molecule has 0 aliphatic carbocycles. The molecule has 1 aromatic heterocycles. The Morgan fingerprint density at radius 3 is 2.94 bits per heavy atom. The molecule has 0 atom stereocenters. The van der Waals surface area contributed by atoms with Crippen molar-refractivity contribution in [2.24, 2.45) is 0 Å². The molecule has 0 saturated carbocycles. The van der Waals surface area contributed by atoms with E-state index in [2.05, 4.69) is 13.0 Å². The first-order valence-corrected chi connectivity index (χ1v) is 5.60. The van der Waals surface area contributed by atoms with Crippen molar-refractivity contribution in [3.63, 3.8) is 0 Å². The zero-order valence-corrected chi connectivity index (χ0v) is 9.39. The average Bonchev–Trinajstić information content (AvgIpc) is 2.30. The van der Waals surface area contributed by atoms with Gasteiger partial charge >= 0.3 is 0 Å². The minimum absolute atomic E-state index is 0.718. The van der Waals surface area contributed by atoms with Crippen LogP contribution in [0.5, 0.6) is 0 Å². The van der Waals surface area contributed by atoms with Crippen LogP contribution in [0.2, 0.25) is 0 Å². The number of unbranched alkanes of at least 4 members (excludes halogenated alkanes) is 1. The second kappa shape index (κ2) is 4.79. The average molecular weight is 213 g/mol. The highest BCUT2D eigenvalue weighted by atomic mass is 16.5. The summed E-state index contributed by atoms with van der Waals surface area (Å²) in [6.45, 7) is 2.14. The zero-order valence-electron chi connectivity index (χ0n) is 9.39. The lowest BCUT2D eigenvalue weighted by atomic mass is 10.1. The van der Waals surface area contributed by atoms with Crippen LogP contribution in [0, 0.1) is 5.21 Å². The molecule has 0 saturated heterocycles. The predicted molar refractivity (Wildman–Crippen MR) is 66.9 cm³/mol. The lowest BCUT2D eigenvalue weighted by Gasteiger charge is -2.02. The summed E-state index contributed by atoms with van der Waals surface area (Å²) in [5.41, 5.74) is 1.68. The van der Waals surface area contributed by atoms with E-state index in [4.69, 9.17) is 0 Å². The number of fused-ring (bicyclic) bond motifs is 1. The van der Waals surface area contributed by atoms with Crippen LogP contribution in [0.3, 0.4) is 0 Å². The molecule has 0 bridgehead atoms. The maximum Gasteiger partial charge on any atom is 0.223 e. The highest BCUT2D eigenvalue weighted by Gasteiger charge is 2.03. The lowest BCUT2D eigenvalue weighted by Crippen LogP contribution is -2.26. The zero-order chi connectivity index (χ0) is 11.4. The molecule has 2 heteroatoms. The van der Waals surface area contributed by atoms with Crippen LogP contribution in [0.25, 0.3) is 17.0 Å². The second-order valence-corrected chi connectivity index (χ2v) is 3.85. The van der Waals surface area contributed by atoms with E-state index in [-0.39, 0.29) is 0 Å². The van der Waals surface area contributed by atoms with Gasteiger partial charge in [0.25, 0.3) is 0 Å². The SMILES string of the molecule is CCCC=Cc1cc2ccccc2[n+]([O-])c1. The maximum atomic E-state index is 11.7. The fourth-order valence-electron chi connectivity index (χ4n) is 1.71. The minimum atomic E-state index is 0.718. The van der Waals surface area contributed by atoms with Gasteiger partial charge in [-0.05, 0) is 18.6 Å². The normalized spacial score (nSPS) is 11.3. The van der Waals surface area contributed by atoms with Crippen molar-refractivity contribution in [2.75, 3.05) is 0 Å². The molecule has 0 fully saturated rings. The van der Waals surface area contributed by atoms with Crippen molar-refractivity contribution >= 4 is 17.0 Å². The standard InChI is InChI=1S/C14H15NO/c1-2-3-4-7-12-10-13-8-5-6-9-14(13)15(16)11-12/h4-11H,2-3H2,1H3. The molecular formula is C14H15NO. The first-order chi connectivity index (χ1) is 7.81. The number of hydrogen-bond acceptors (Lipinski definition) is 1. The summed E-state index contributed by atoms with van der Waals surface area (Å²) < 4.78 is 0.932. The van der Waals surface area contributed by atoms with E-state index in [1.54, 1.807) is 6.20 Å². The van der Waals surface area contributed by atoms with Crippen molar-refractivity contribution in [2.45, 2.75) is 19.8 Å². The summed E-state index contributed by atoms with van der Waals surface area (Å²) in [5.74, 6) is 0. The summed E-state index contributed by atoms with van der Waals surface area (Å²) in [4.78, 5) is 0. The maximum absolute atomic E-state index is 11.7. The van der Waals surface area contributed by atoms with E-state index >= 15 is 0 Å². The van der Waals surface area contributed by atoms with Gasteiger partial charge in [-0.2, -0.15) is 4.73 Å². The van der Waals surface area contributed by atoms with Crippen molar-refractivity contribution in [3.05, 3.63) is 53.4 Å². The molecule has 16 heavy (non-hydrogen) atoms. The smallest absolute Gasteiger partial charge is 0.223 e. The molecule has 0 radical (unpaired) electrons. The van der Waals surface area contributed by atoms with Gasteiger partial charge in [-0.25, -0.2) is 0 Å². The highest BCUT2D eigenvalue weighted by Crippen LogP contribution is 2.12. The van der Waals surface area contributed by atoms with Crippen molar-refractivity contribution in [3.8, 4) is 0 Å². The largest absolute Gasteiger partial charge is 0.618 e. The Morgan fingerprint density at radius 2 is 2.12 bits per heavy atom. The van der Waals surface area contributed by atoms with Crippen LogP contribution in [0.15, 0.2) is 42.6 Å². The van der Waals surface area contributed by atoms with Crippen LogP contribution < -0.4 is 4.73 Å². The van der Waals surface area contributed by atoms with Crippen molar-refractivity contribution < 1.29 is 4.73 Å². The second-order valence-electron chi connectivity index (χ2n) is 3.85. The number of aromatic nitrogens is 1. The molecule has 0 spiro atoms. The minimum Gasteiger partial charge on any atom is -0.618 e. The number of rotatable bonds is 3. The Labute approximate surface area is 95.4 Å². The van der Waals surface area contributed by atoms with Crippen LogP contribution in [0.1, 0.15) is 25.3 Å². The summed E-state index contributed by atoms with van der Waals surface area (Å²) in [6.07, 6.45) is 7.90. The molecule has 2 aromatic rings. The molecule has 82 valence electrons. The summed E-state index contributed by atoms with van der Waals surface area (Å²) in [7, 11) is 0. The van der Waals surface area contributed by atoms with E-state index < -0.39 is 0 Å². The van der Waals surface area contributed by atoms with Gasteiger partial charge < -0.3 is 5.21 Å². The van der Waals surface area contributed by atoms with Gasteiger partial charge in [-0.15, -0.1) is 0 Å². The number of pyridine rings is 1. The molecular weight excluding hydrogens is 198 g/mol. The number of allylic oxidation sites excluding steroid dienone is 1. The van der Waals surface area contributed by atoms with Gasteiger partial charge in [-0.3, -0.25) is 0 Å². The summed E-state index contributed by atoms with van der Waals surface area (Å²) in [5, 5.41) is 12.7. The first kappa shape index (κ1) is 10.7. The van der Waals surface area contributed by atoms with Gasteiger partial charge in [0, 0.05) is 17.0 Å². The Kier molecular flexibility index (Phi) is 3.20.